The van der Waals surface area contributed by atoms with Gasteiger partial charge in [-0.3, -0.25) is 0 Å². The van der Waals surface area contributed by atoms with Gasteiger partial charge in [0.05, 0.1) is 15.9 Å². The van der Waals surface area contributed by atoms with Gasteiger partial charge in [-0.1, -0.05) is 0 Å². The fourth-order valence-corrected chi connectivity index (χ4v) is 3.05. The van der Waals surface area contributed by atoms with Gasteiger partial charge in [0.15, 0.2) is 0 Å². The average Bonchev–Trinajstić information content (AvgIpc) is 2.77. The highest BCUT2D eigenvalue weighted by Crippen LogP contribution is 2.42. The van der Waals surface area contributed by atoms with Crippen molar-refractivity contribution in [3.05, 3.63) is 15.7 Å². The fraction of sp³-hybridized carbons (Fsp3) is 0.667. The van der Waals surface area contributed by atoms with E-state index < -0.39 is 0 Å². The summed E-state index contributed by atoms with van der Waals surface area (Å²) in [6.45, 7) is 0. The minimum absolute atomic E-state index is 0.502. The molecule has 3 atom stereocenters. The Hall–Kier alpha value is -0.100. The molecule has 2 aliphatic rings. The molecule has 0 amide bonds. The summed E-state index contributed by atoms with van der Waals surface area (Å²) in [6, 6.07) is 1.26. The minimum Gasteiger partial charge on any atom is -0.336 e. The maximum atomic E-state index is 4.39. The van der Waals surface area contributed by atoms with E-state index in [9.17, 15) is 0 Å². The molecule has 1 aliphatic carbocycles. The molecule has 1 aliphatic heterocycles. The van der Waals surface area contributed by atoms with Crippen LogP contribution in [0.4, 0.5) is 0 Å². The number of hydrogen-bond acceptors (Lipinski definition) is 2. The van der Waals surface area contributed by atoms with Crippen molar-refractivity contribution in [3.63, 3.8) is 0 Å². The Balaban J connectivity index is 1.87. The molecule has 3 rings (SSSR count). The Kier molecular flexibility index (Phi) is 1.87. The van der Waals surface area contributed by atoms with E-state index >= 15 is 0 Å². The van der Waals surface area contributed by atoms with E-state index in [0.717, 1.165) is 21.5 Å². The number of hydrogen-bond donors (Lipinski definition) is 2. The number of nitrogens with zero attached hydrogens (tertiary/aromatic N) is 1. The van der Waals surface area contributed by atoms with Crippen LogP contribution in [0.2, 0.25) is 0 Å². The first-order valence-electron chi connectivity index (χ1n) is 4.79. The topological polar surface area (TPSA) is 40.7 Å². The molecule has 1 aromatic rings. The zero-order valence-corrected chi connectivity index (χ0v) is 9.41. The number of fused-ring (bicyclic) bond motifs is 2. The number of aromatic amines is 1. The van der Waals surface area contributed by atoms with Crippen LogP contribution in [0, 0.1) is 9.62 Å². The van der Waals surface area contributed by atoms with E-state index in [1.54, 1.807) is 0 Å². The summed E-state index contributed by atoms with van der Waals surface area (Å²) >= 11 is 2.27. The van der Waals surface area contributed by atoms with Crippen molar-refractivity contribution in [2.75, 3.05) is 0 Å². The molecule has 1 saturated heterocycles. The van der Waals surface area contributed by atoms with Crippen LogP contribution >= 0.6 is 22.6 Å². The molecule has 1 aromatic heterocycles. The highest BCUT2D eigenvalue weighted by atomic mass is 127. The van der Waals surface area contributed by atoms with Gasteiger partial charge in [0, 0.05) is 6.04 Å². The van der Waals surface area contributed by atoms with Gasteiger partial charge < -0.3 is 10.3 Å². The number of nitrogens with one attached hydrogen (secondary N) is 2. The lowest BCUT2D eigenvalue weighted by atomic mass is 10.00. The zero-order chi connectivity index (χ0) is 8.84. The molecule has 0 spiro atoms. The molecule has 0 aromatic carbocycles. The van der Waals surface area contributed by atoms with E-state index in [2.05, 4.69) is 37.9 Å². The van der Waals surface area contributed by atoms with Crippen LogP contribution in [0.25, 0.3) is 0 Å². The number of aromatic nitrogens is 2. The van der Waals surface area contributed by atoms with Crippen LogP contribution in [-0.4, -0.2) is 16.0 Å². The van der Waals surface area contributed by atoms with Crippen LogP contribution in [0.5, 0.6) is 0 Å². The molecule has 0 radical (unpaired) electrons. The first-order chi connectivity index (χ1) is 6.33. The predicted octanol–water partition coefficient (Wildman–Crippen LogP) is 1.83. The summed E-state index contributed by atoms with van der Waals surface area (Å²) in [4.78, 5) is 7.71. The van der Waals surface area contributed by atoms with Crippen molar-refractivity contribution in [2.45, 2.75) is 31.3 Å². The van der Waals surface area contributed by atoms with Crippen molar-refractivity contribution in [2.24, 2.45) is 5.92 Å². The van der Waals surface area contributed by atoms with Crippen LogP contribution in [0.15, 0.2) is 6.20 Å². The van der Waals surface area contributed by atoms with Gasteiger partial charge in [-0.25, -0.2) is 4.98 Å². The summed E-state index contributed by atoms with van der Waals surface area (Å²) < 4.78 is 1.14. The van der Waals surface area contributed by atoms with E-state index in [0.29, 0.717) is 6.04 Å². The number of imidazole rings is 1. The molecule has 2 heterocycles. The molecule has 70 valence electrons. The standard InChI is InChI=1S/C9H12IN3/c10-7-4-11-9(13-7)8-5-1-2-6(3-5)12-8/h4-6,8,12H,1-3H2,(H,11,13)/t5?,6?,8-/m0/s1. The van der Waals surface area contributed by atoms with Crippen molar-refractivity contribution >= 4 is 22.6 Å². The van der Waals surface area contributed by atoms with Crippen molar-refractivity contribution in [1.82, 2.24) is 15.3 Å². The summed E-state index contributed by atoms with van der Waals surface area (Å²) in [6.07, 6.45) is 5.99. The zero-order valence-electron chi connectivity index (χ0n) is 7.26. The van der Waals surface area contributed by atoms with Crippen molar-refractivity contribution < 1.29 is 0 Å². The molecule has 2 unspecified atom stereocenters. The molecule has 2 bridgehead atoms. The van der Waals surface area contributed by atoms with Gasteiger partial charge in [0.1, 0.15) is 5.82 Å². The normalized spacial score (nSPS) is 37.2. The smallest absolute Gasteiger partial charge is 0.124 e. The first-order valence-corrected chi connectivity index (χ1v) is 5.87. The molecule has 4 heteroatoms. The Labute approximate surface area is 90.8 Å². The fourth-order valence-electron chi connectivity index (χ4n) is 2.63. The third kappa shape index (κ3) is 1.30. The monoisotopic (exact) mass is 289 g/mol. The number of H-pyrrole nitrogens is 1. The lowest BCUT2D eigenvalue weighted by molar-refractivity contribution is 0.379. The van der Waals surface area contributed by atoms with Crippen molar-refractivity contribution in [3.8, 4) is 0 Å². The summed E-state index contributed by atoms with van der Waals surface area (Å²) in [5.41, 5.74) is 0. The third-order valence-corrected chi connectivity index (χ3v) is 3.77. The summed E-state index contributed by atoms with van der Waals surface area (Å²) in [5, 5.41) is 3.62. The number of rotatable bonds is 1. The molecule has 1 saturated carbocycles. The van der Waals surface area contributed by atoms with Crippen molar-refractivity contribution in [1.29, 1.82) is 0 Å². The maximum absolute atomic E-state index is 4.39. The summed E-state index contributed by atoms with van der Waals surface area (Å²) in [7, 11) is 0. The Morgan fingerprint density at radius 1 is 1.46 bits per heavy atom. The maximum Gasteiger partial charge on any atom is 0.124 e. The van der Waals surface area contributed by atoms with Gasteiger partial charge in [-0.15, -0.1) is 0 Å². The van der Waals surface area contributed by atoms with Gasteiger partial charge in [0.2, 0.25) is 0 Å². The average molecular weight is 289 g/mol. The van der Waals surface area contributed by atoms with Gasteiger partial charge in [-0.05, 0) is 47.8 Å². The predicted molar refractivity (Wildman–Crippen MR) is 58.3 cm³/mol. The number of piperidine rings is 1. The van der Waals surface area contributed by atoms with E-state index in [1.807, 2.05) is 6.20 Å². The quantitative estimate of drug-likeness (QED) is 0.774. The minimum atomic E-state index is 0.502. The van der Waals surface area contributed by atoms with Crippen LogP contribution in [0.1, 0.15) is 31.1 Å². The highest BCUT2D eigenvalue weighted by molar-refractivity contribution is 14.1. The molecule has 2 N–H and O–H groups in total. The number of halogens is 1. The molecule has 2 fully saturated rings. The van der Waals surface area contributed by atoms with Gasteiger partial charge >= 0.3 is 0 Å². The van der Waals surface area contributed by atoms with Gasteiger partial charge in [0.25, 0.3) is 0 Å². The highest BCUT2D eigenvalue weighted by Gasteiger charge is 2.40. The molecular formula is C9H12IN3. The van der Waals surface area contributed by atoms with Crippen LogP contribution < -0.4 is 5.32 Å². The van der Waals surface area contributed by atoms with Crippen LogP contribution in [0.3, 0.4) is 0 Å². The van der Waals surface area contributed by atoms with E-state index in [-0.39, 0.29) is 0 Å². The summed E-state index contributed by atoms with van der Waals surface area (Å²) in [5.74, 6) is 1.96. The lowest BCUT2D eigenvalue weighted by Gasteiger charge is -2.20. The molecule has 3 nitrogen and oxygen atoms in total. The van der Waals surface area contributed by atoms with Crippen LogP contribution in [-0.2, 0) is 0 Å². The Bertz CT molecular complexity index is 322. The second-order valence-corrected chi connectivity index (χ2v) is 5.19. The molecular weight excluding hydrogens is 277 g/mol. The first kappa shape index (κ1) is 8.23. The molecule has 13 heavy (non-hydrogen) atoms. The Morgan fingerprint density at radius 3 is 2.92 bits per heavy atom. The lowest BCUT2D eigenvalue weighted by Crippen LogP contribution is -2.29. The Morgan fingerprint density at radius 2 is 2.38 bits per heavy atom. The largest absolute Gasteiger partial charge is 0.336 e. The van der Waals surface area contributed by atoms with E-state index in [4.69, 9.17) is 0 Å². The second-order valence-electron chi connectivity index (χ2n) is 4.03. The van der Waals surface area contributed by atoms with E-state index in [1.165, 1.54) is 19.3 Å². The third-order valence-electron chi connectivity index (χ3n) is 3.22. The van der Waals surface area contributed by atoms with Gasteiger partial charge in [-0.2, -0.15) is 0 Å². The second kappa shape index (κ2) is 2.95. The SMILES string of the molecule is Ic1cnc([C@H]2NC3CCC2C3)[nH]1.